The third-order valence-corrected chi connectivity index (χ3v) is 3.52. The zero-order valence-electron chi connectivity index (χ0n) is 11.4. The van der Waals surface area contributed by atoms with Gasteiger partial charge in [0.25, 0.3) is 5.91 Å². The van der Waals surface area contributed by atoms with Gasteiger partial charge in [-0.3, -0.25) is 4.79 Å². The van der Waals surface area contributed by atoms with Crippen LogP contribution in [-0.2, 0) is 0 Å². The molecule has 4 nitrogen and oxygen atoms in total. The predicted octanol–water partition coefficient (Wildman–Crippen LogP) is 4.42. The minimum Gasteiger partial charge on any atom is -0.494 e. The molecule has 2 aromatic rings. The van der Waals surface area contributed by atoms with Crippen molar-refractivity contribution in [2.75, 3.05) is 7.11 Å². The largest absolute Gasteiger partial charge is 0.494 e. The van der Waals surface area contributed by atoms with Crippen LogP contribution >= 0.6 is 34.8 Å². The van der Waals surface area contributed by atoms with Gasteiger partial charge in [0.1, 0.15) is 0 Å². The first-order chi connectivity index (χ1) is 10.5. The molecule has 2 rings (SSSR count). The first-order valence-corrected chi connectivity index (χ1v) is 7.26. The minimum atomic E-state index is -0.348. The lowest BCUT2D eigenvalue weighted by molar-refractivity contribution is 0.0955. The molecule has 1 N–H and O–H groups in total. The normalized spacial score (nSPS) is 10.7. The Balaban J connectivity index is 2.06. The van der Waals surface area contributed by atoms with Crippen molar-refractivity contribution in [1.29, 1.82) is 0 Å². The minimum absolute atomic E-state index is 0.348. The van der Waals surface area contributed by atoms with E-state index in [1.807, 2.05) is 0 Å². The highest BCUT2D eigenvalue weighted by Crippen LogP contribution is 2.33. The molecule has 0 aliphatic heterocycles. The van der Waals surface area contributed by atoms with Crippen molar-refractivity contribution in [3.05, 3.63) is 62.6 Å². The van der Waals surface area contributed by atoms with Crippen molar-refractivity contribution in [2.45, 2.75) is 0 Å². The standard InChI is InChI=1S/C15H11Cl3N2O2/c1-22-14-12(17)6-9(7-13(14)18)8-19-20-15(21)10-2-4-11(16)5-3-10/h2-8H,1H3,(H,20,21)/b19-8-. The summed E-state index contributed by atoms with van der Waals surface area (Å²) in [5.41, 5.74) is 3.49. The smallest absolute Gasteiger partial charge is 0.271 e. The summed E-state index contributed by atoms with van der Waals surface area (Å²) >= 11 is 17.8. The SMILES string of the molecule is COc1c(Cl)cc(/C=N\NC(=O)c2ccc(Cl)cc2)cc1Cl. The Hall–Kier alpha value is -1.75. The number of benzene rings is 2. The van der Waals surface area contributed by atoms with E-state index in [0.29, 0.717) is 31.9 Å². The number of halogens is 3. The zero-order chi connectivity index (χ0) is 16.1. The quantitative estimate of drug-likeness (QED) is 0.650. The highest BCUT2D eigenvalue weighted by molar-refractivity contribution is 6.37. The summed E-state index contributed by atoms with van der Waals surface area (Å²) in [6.07, 6.45) is 1.44. The van der Waals surface area contributed by atoms with Crippen LogP contribution in [0, 0.1) is 0 Å². The van der Waals surface area contributed by atoms with Crippen molar-refractivity contribution >= 4 is 46.9 Å². The molecular formula is C15H11Cl3N2O2. The Labute approximate surface area is 142 Å². The highest BCUT2D eigenvalue weighted by atomic mass is 35.5. The second-order valence-corrected chi connectivity index (χ2v) is 5.47. The lowest BCUT2D eigenvalue weighted by atomic mass is 10.2. The maximum atomic E-state index is 11.8. The van der Waals surface area contributed by atoms with E-state index in [4.69, 9.17) is 39.5 Å². The van der Waals surface area contributed by atoms with E-state index < -0.39 is 0 Å². The van der Waals surface area contributed by atoms with Gasteiger partial charge >= 0.3 is 0 Å². The second kappa shape index (κ2) is 7.49. The van der Waals surface area contributed by atoms with E-state index in [0.717, 1.165) is 0 Å². The molecule has 0 aliphatic rings. The molecule has 0 heterocycles. The number of rotatable bonds is 4. The number of ether oxygens (including phenoxy) is 1. The first kappa shape index (κ1) is 16.6. The number of nitrogens with zero attached hydrogens (tertiary/aromatic N) is 1. The van der Waals surface area contributed by atoms with Gasteiger partial charge in [-0.05, 0) is 42.0 Å². The number of hydrogen-bond donors (Lipinski definition) is 1. The molecule has 0 atom stereocenters. The van der Waals surface area contributed by atoms with Gasteiger partial charge in [0, 0.05) is 10.6 Å². The first-order valence-electron chi connectivity index (χ1n) is 6.13. The molecule has 0 aliphatic carbocycles. The van der Waals surface area contributed by atoms with Crippen LogP contribution in [0.5, 0.6) is 5.75 Å². The molecule has 0 radical (unpaired) electrons. The summed E-state index contributed by atoms with van der Waals surface area (Å²) in [6, 6.07) is 9.73. The molecule has 1 amide bonds. The molecule has 0 bridgehead atoms. The maximum absolute atomic E-state index is 11.8. The van der Waals surface area contributed by atoms with E-state index >= 15 is 0 Å². The van der Waals surface area contributed by atoms with Crippen molar-refractivity contribution in [2.24, 2.45) is 5.10 Å². The Kier molecular flexibility index (Phi) is 5.66. The van der Waals surface area contributed by atoms with Gasteiger partial charge in [-0.25, -0.2) is 5.43 Å². The van der Waals surface area contributed by atoms with Gasteiger partial charge in [0.2, 0.25) is 0 Å². The summed E-state index contributed by atoms with van der Waals surface area (Å²) < 4.78 is 5.05. The fourth-order valence-electron chi connectivity index (χ4n) is 1.68. The van der Waals surface area contributed by atoms with Gasteiger partial charge in [-0.1, -0.05) is 34.8 Å². The number of hydrogen-bond acceptors (Lipinski definition) is 3. The van der Waals surface area contributed by atoms with Crippen LogP contribution in [0.15, 0.2) is 41.5 Å². The summed E-state index contributed by atoms with van der Waals surface area (Å²) in [4.78, 5) is 11.8. The Morgan fingerprint density at radius 2 is 1.73 bits per heavy atom. The molecule has 7 heteroatoms. The maximum Gasteiger partial charge on any atom is 0.271 e. The van der Waals surface area contributed by atoms with Gasteiger partial charge in [0.05, 0.1) is 23.4 Å². The van der Waals surface area contributed by atoms with Crippen molar-refractivity contribution in [3.63, 3.8) is 0 Å². The summed E-state index contributed by atoms with van der Waals surface area (Å²) in [7, 11) is 1.48. The summed E-state index contributed by atoms with van der Waals surface area (Å²) in [5.74, 6) is 0.0457. The summed E-state index contributed by atoms with van der Waals surface area (Å²) in [5, 5.41) is 5.14. The van der Waals surface area contributed by atoms with E-state index in [1.54, 1.807) is 36.4 Å². The van der Waals surface area contributed by atoms with E-state index in [2.05, 4.69) is 10.5 Å². The van der Waals surface area contributed by atoms with E-state index in [1.165, 1.54) is 13.3 Å². The fourth-order valence-corrected chi connectivity index (χ4v) is 2.46. The predicted molar refractivity (Wildman–Crippen MR) is 89.5 cm³/mol. The molecular weight excluding hydrogens is 347 g/mol. The summed E-state index contributed by atoms with van der Waals surface area (Å²) in [6.45, 7) is 0. The number of carbonyl (C=O) groups excluding carboxylic acids is 1. The lowest BCUT2D eigenvalue weighted by Gasteiger charge is -2.06. The second-order valence-electron chi connectivity index (χ2n) is 4.22. The lowest BCUT2D eigenvalue weighted by Crippen LogP contribution is -2.17. The molecule has 0 spiro atoms. The Bertz CT molecular complexity index is 692. The van der Waals surface area contributed by atoms with Gasteiger partial charge < -0.3 is 4.74 Å². The number of nitrogens with one attached hydrogen (secondary N) is 1. The van der Waals surface area contributed by atoms with Gasteiger partial charge in [-0.2, -0.15) is 5.10 Å². The molecule has 0 fully saturated rings. The Morgan fingerprint density at radius 3 is 2.27 bits per heavy atom. The number of hydrazone groups is 1. The van der Waals surface area contributed by atoms with Gasteiger partial charge in [0.15, 0.2) is 5.75 Å². The van der Waals surface area contributed by atoms with Crippen LogP contribution in [0.2, 0.25) is 15.1 Å². The topological polar surface area (TPSA) is 50.7 Å². The van der Waals surface area contributed by atoms with Crippen LogP contribution < -0.4 is 10.2 Å². The van der Waals surface area contributed by atoms with Crippen molar-refractivity contribution in [3.8, 4) is 5.75 Å². The Morgan fingerprint density at radius 1 is 1.14 bits per heavy atom. The van der Waals surface area contributed by atoms with Crippen LogP contribution in [-0.4, -0.2) is 19.2 Å². The van der Waals surface area contributed by atoms with Crippen LogP contribution in [0.3, 0.4) is 0 Å². The molecule has 0 saturated carbocycles. The third-order valence-electron chi connectivity index (χ3n) is 2.71. The van der Waals surface area contributed by atoms with Gasteiger partial charge in [-0.15, -0.1) is 0 Å². The highest BCUT2D eigenvalue weighted by Gasteiger charge is 2.08. The van der Waals surface area contributed by atoms with Crippen LogP contribution in [0.25, 0.3) is 0 Å². The number of amides is 1. The molecule has 2 aromatic carbocycles. The van der Waals surface area contributed by atoms with Crippen LogP contribution in [0.1, 0.15) is 15.9 Å². The molecule has 22 heavy (non-hydrogen) atoms. The third kappa shape index (κ3) is 4.13. The van der Waals surface area contributed by atoms with E-state index in [9.17, 15) is 4.79 Å². The monoisotopic (exact) mass is 356 g/mol. The average molecular weight is 358 g/mol. The molecule has 0 aromatic heterocycles. The van der Waals surface area contributed by atoms with Crippen molar-refractivity contribution < 1.29 is 9.53 Å². The molecule has 114 valence electrons. The van der Waals surface area contributed by atoms with Crippen LogP contribution in [0.4, 0.5) is 0 Å². The average Bonchev–Trinajstić information content (AvgIpc) is 2.47. The molecule has 0 unspecified atom stereocenters. The van der Waals surface area contributed by atoms with E-state index in [-0.39, 0.29) is 5.91 Å². The fraction of sp³-hybridized carbons (Fsp3) is 0.0667. The number of carbonyl (C=O) groups is 1. The van der Waals surface area contributed by atoms with Crippen molar-refractivity contribution in [1.82, 2.24) is 5.43 Å². The zero-order valence-corrected chi connectivity index (χ0v) is 13.7. The number of methoxy groups -OCH3 is 1. The molecule has 0 saturated heterocycles.